The van der Waals surface area contributed by atoms with E-state index in [0.717, 1.165) is 0 Å². The van der Waals surface area contributed by atoms with Crippen molar-refractivity contribution in [2.24, 2.45) is 5.92 Å². The van der Waals surface area contributed by atoms with Crippen LogP contribution in [0.4, 0.5) is 13.2 Å². The number of carboxylic acids is 1. The minimum atomic E-state index is -4.28. The van der Waals surface area contributed by atoms with Gasteiger partial charge in [0.1, 0.15) is 0 Å². The van der Waals surface area contributed by atoms with Crippen LogP contribution in [0, 0.1) is 5.92 Å². The predicted octanol–water partition coefficient (Wildman–Crippen LogP) is 1.55. The summed E-state index contributed by atoms with van der Waals surface area (Å²) >= 11 is 0. The Balaban J connectivity index is 2.59. The molecule has 0 saturated heterocycles. The largest absolute Gasteiger partial charge is 0.479 e. The number of alkyl halides is 3. The Morgan fingerprint density at radius 1 is 1.29 bits per heavy atom. The van der Waals surface area contributed by atoms with Crippen LogP contribution < -0.4 is 0 Å². The fourth-order valence-corrected chi connectivity index (χ4v) is 1.64. The second-order valence-corrected chi connectivity index (χ2v) is 3.65. The lowest BCUT2D eigenvalue weighted by molar-refractivity contribution is -0.198. The highest BCUT2D eigenvalue weighted by atomic mass is 19.4. The normalized spacial score (nSPS) is 34.1. The van der Waals surface area contributed by atoms with Crippen LogP contribution in [-0.4, -0.2) is 28.0 Å². The summed E-state index contributed by atoms with van der Waals surface area (Å²) in [5.41, 5.74) is -1.96. The van der Waals surface area contributed by atoms with Crippen molar-refractivity contribution in [3.63, 3.8) is 0 Å². The van der Waals surface area contributed by atoms with Gasteiger partial charge in [0.05, 0.1) is 5.92 Å². The van der Waals surface area contributed by atoms with Gasteiger partial charge in [0.15, 0.2) is 5.60 Å². The maximum absolute atomic E-state index is 12.2. The van der Waals surface area contributed by atoms with Crippen LogP contribution >= 0.6 is 0 Å². The number of aliphatic carboxylic acids is 1. The highest BCUT2D eigenvalue weighted by Crippen LogP contribution is 2.41. The van der Waals surface area contributed by atoms with Gasteiger partial charge in [-0.05, 0) is 25.7 Å². The van der Waals surface area contributed by atoms with E-state index < -0.39 is 23.7 Å². The molecule has 0 bridgehead atoms. The van der Waals surface area contributed by atoms with Gasteiger partial charge in [-0.3, -0.25) is 0 Å². The minimum absolute atomic E-state index is 0.313. The van der Waals surface area contributed by atoms with E-state index in [4.69, 9.17) is 5.11 Å². The zero-order valence-corrected chi connectivity index (χ0v) is 7.34. The third-order valence-electron chi connectivity index (χ3n) is 2.67. The Kier molecular flexibility index (Phi) is 2.76. The molecule has 1 saturated carbocycles. The van der Waals surface area contributed by atoms with E-state index in [1.54, 1.807) is 0 Å². The fourth-order valence-electron chi connectivity index (χ4n) is 1.64. The fraction of sp³-hybridized carbons (Fsp3) is 0.875. The van der Waals surface area contributed by atoms with E-state index in [9.17, 15) is 23.1 Å². The van der Waals surface area contributed by atoms with Crippen LogP contribution in [0.25, 0.3) is 0 Å². The summed E-state index contributed by atoms with van der Waals surface area (Å²) in [5, 5.41) is 17.9. The molecule has 0 aromatic heterocycles. The monoisotopic (exact) mass is 212 g/mol. The van der Waals surface area contributed by atoms with Gasteiger partial charge in [0.2, 0.25) is 0 Å². The van der Waals surface area contributed by atoms with E-state index in [1.807, 2.05) is 0 Å². The molecule has 0 unspecified atom stereocenters. The molecule has 6 heteroatoms. The molecule has 82 valence electrons. The van der Waals surface area contributed by atoms with Gasteiger partial charge in [0.25, 0.3) is 0 Å². The van der Waals surface area contributed by atoms with Crippen LogP contribution in [0.2, 0.25) is 0 Å². The quantitative estimate of drug-likeness (QED) is 0.693. The Labute approximate surface area is 78.5 Å². The lowest BCUT2D eigenvalue weighted by Gasteiger charge is -2.33. The summed E-state index contributed by atoms with van der Waals surface area (Å²) in [5.74, 6) is -2.90. The summed E-state index contributed by atoms with van der Waals surface area (Å²) in [4.78, 5) is 10.5. The van der Waals surface area contributed by atoms with E-state index >= 15 is 0 Å². The summed E-state index contributed by atoms with van der Waals surface area (Å²) in [7, 11) is 0. The Bertz CT molecular complexity index is 228. The lowest BCUT2D eigenvalue weighted by Crippen LogP contribution is -2.44. The molecule has 0 amide bonds. The van der Waals surface area contributed by atoms with Gasteiger partial charge in [-0.1, -0.05) is 0 Å². The summed E-state index contributed by atoms with van der Waals surface area (Å²) in [6.07, 6.45) is -5.56. The molecule has 0 heterocycles. The molecular formula is C8H11F3O3. The summed E-state index contributed by atoms with van der Waals surface area (Å²) < 4.78 is 36.5. The van der Waals surface area contributed by atoms with Crippen molar-refractivity contribution in [1.29, 1.82) is 0 Å². The molecule has 0 aliphatic heterocycles. The summed E-state index contributed by atoms with van der Waals surface area (Å²) in [6.45, 7) is 0. The molecule has 0 atom stereocenters. The predicted molar refractivity (Wildman–Crippen MR) is 40.6 cm³/mol. The Morgan fingerprint density at radius 3 is 2.00 bits per heavy atom. The van der Waals surface area contributed by atoms with Gasteiger partial charge in [-0.25, -0.2) is 4.79 Å². The van der Waals surface area contributed by atoms with E-state index in [1.165, 1.54) is 0 Å². The average Bonchev–Trinajstić information content (AvgIpc) is 2.03. The molecule has 2 N–H and O–H groups in total. The molecule has 0 aromatic carbocycles. The third-order valence-corrected chi connectivity index (χ3v) is 2.67. The molecule has 14 heavy (non-hydrogen) atoms. The van der Waals surface area contributed by atoms with Gasteiger partial charge in [-0.15, -0.1) is 0 Å². The van der Waals surface area contributed by atoms with Crippen molar-refractivity contribution in [2.45, 2.75) is 37.5 Å². The van der Waals surface area contributed by atoms with Crippen molar-refractivity contribution in [1.82, 2.24) is 0 Å². The smallest absolute Gasteiger partial charge is 0.391 e. The van der Waals surface area contributed by atoms with Crippen LogP contribution in [0.5, 0.6) is 0 Å². The van der Waals surface area contributed by atoms with Crippen molar-refractivity contribution >= 4 is 5.97 Å². The SMILES string of the molecule is O=C(O)C1(O)CCC(C(F)(F)F)CC1. The van der Waals surface area contributed by atoms with E-state index in [2.05, 4.69) is 0 Å². The minimum Gasteiger partial charge on any atom is -0.479 e. The Morgan fingerprint density at radius 2 is 1.71 bits per heavy atom. The molecule has 1 aliphatic carbocycles. The summed E-state index contributed by atoms with van der Waals surface area (Å²) in [6, 6.07) is 0. The standard InChI is InChI=1S/C8H11F3O3/c9-8(10,11)5-1-3-7(14,4-2-5)6(12)13/h5,14H,1-4H2,(H,12,13). The number of carboxylic acid groups (broad SMARTS) is 1. The highest BCUT2D eigenvalue weighted by molar-refractivity contribution is 5.77. The van der Waals surface area contributed by atoms with Gasteiger partial charge in [-0.2, -0.15) is 13.2 Å². The average molecular weight is 212 g/mol. The zero-order valence-electron chi connectivity index (χ0n) is 7.34. The molecule has 3 nitrogen and oxygen atoms in total. The maximum atomic E-state index is 12.2. The highest BCUT2D eigenvalue weighted by Gasteiger charge is 2.48. The first-order valence-electron chi connectivity index (χ1n) is 4.28. The third kappa shape index (κ3) is 2.17. The second-order valence-electron chi connectivity index (χ2n) is 3.65. The van der Waals surface area contributed by atoms with Gasteiger partial charge >= 0.3 is 12.1 Å². The topological polar surface area (TPSA) is 57.5 Å². The van der Waals surface area contributed by atoms with Gasteiger partial charge < -0.3 is 10.2 Å². The molecular weight excluding hydrogens is 201 g/mol. The molecule has 1 rings (SSSR count). The molecule has 0 spiro atoms. The molecule has 1 aliphatic rings. The first-order valence-corrected chi connectivity index (χ1v) is 4.28. The van der Waals surface area contributed by atoms with Crippen LogP contribution in [-0.2, 0) is 4.79 Å². The van der Waals surface area contributed by atoms with Crippen molar-refractivity contribution in [3.8, 4) is 0 Å². The van der Waals surface area contributed by atoms with Crippen molar-refractivity contribution in [3.05, 3.63) is 0 Å². The number of rotatable bonds is 1. The number of carbonyl (C=O) groups is 1. The van der Waals surface area contributed by atoms with Crippen molar-refractivity contribution in [2.75, 3.05) is 0 Å². The Hall–Kier alpha value is -0.780. The van der Waals surface area contributed by atoms with Crippen molar-refractivity contribution < 1.29 is 28.2 Å². The first kappa shape index (κ1) is 11.3. The van der Waals surface area contributed by atoms with E-state index in [0.29, 0.717) is 0 Å². The van der Waals surface area contributed by atoms with Gasteiger partial charge in [0, 0.05) is 0 Å². The van der Waals surface area contributed by atoms with Crippen LogP contribution in [0.1, 0.15) is 25.7 Å². The maximum Gasteiger partial charge on any atom is 0.391 e. The number of halogens is 3. The first-order chi connectivity index (χ1) is 6.26. The second kappa shape index (κ2) is 3.42. The lowest BCUT2D eigenvalue weighted by atomic mass is 9.78. The molecule has 0 aromatic rings. The van der Waals surface area contributed by atoms with E-state index in [-0.39, 0.29) is 25.7 Å². The molecule has 0 radical (unpaired) electrons. The van der Waals surface area contributed by atoms with Crippen LogP contribution in [0.15, 0.2) is 0 Å². The number of hydrogen-bond acceptors (Lipinski definition) is 2. The molecule has 1 fully saturated rings. The zero-order chi connectivity index (χ0) is 11.0. The van der Waals surface area contributed by atoms with Crippen LogP contribution in [0.3, 0.4) is 0 Å². The number of aliphatic hydroxyl groups is 1. The number of hydrogen-bond donors (Lipinski definition) is 2.